The molecule has 0 aromatic heterocycles. The molecule has 1 saturated heterocycles. The zero-order chi connectivity index (χ0) is 18.8. The summed E-state index contributed by atoms with van der Waals surface area (Å²) in [5.41, 5.74) is 2.61. The molecule has 2 aromatic rings. The van der Waals surface area contributed by atoms with Crippen molar-refractivity contribution in [2.45, 2.75) is 26.8 Å². The van der Waals surface area contributed by atoms with Gasteiger partial charge in [0.05, 0.1) is 11.6 Å². The van der Waals surface area contributed by atoms with Gasteiger partial charge in [0.1, 0.15) is 5.76 Å². The fraction of sp³-hybridized carbons (Fsp3) is 0.273. The fourth-order valence-electron chi connectivity index (χ4n) is 3.31. The van der Waals surface area contributed by atoms with Gasteiger partial charge in [-0.1, -0.05) is 74.0 Å². The van der Waals surface area contributed by atoms with Crippen molar-refractivity contribution in [1.29, 1.82) is 0 Å². The Bertz CT molecular complexity index is 851. The molecule has 1 atom stereocenters. The van der Waals surface area contributed by atoms with Crippen LogP contribution in [0.2, 0.25) is 0 Å². The van der Waals surface area contributed by atoms with Crippen molar-refractivity contribution in [3.8, 4) is 0 Å². The third-order valence-electron chi connectivity index (χ3n) is 4.54. The Morgan fingerprint density at radius 1 is 1.04 bits per heavy atom. The van der Waals surface area contributed by atoms with Gasteiger partial charge in [-0.05, 0) is 18.4 Å². The van der Waals surface area contributed by atoms with E-state index in [1.165, 1.54) is 0 Å². The van der Waals surface area contributed by atoms with E-state index in [9.17, 15) is 14.7 Å². The second-order valence-corrected chi connectivity index (χ2v) is 7.12. The minimum absolute atomic E-state index is 0.124. The first-order chi connectivity index (χ1) is 12.4. The Kier molecular flexibility index (Phi) is 4.94. The molecule has 26 heavy (non-hydrogen) atoms. The third-order valence-corrected chi connectivity index (χ3v) is 4.54. The largest absolute Gasteiger partial charge is 0.507 e. The lowest BCUT2D eigenvalue weighted by molar-refractivity contribution is -0.140. The monoisotopic (exact) mass is 349 g/mol. The summed E-state index contributed by atoms with van der Waals surface area (Å²) < 4.78 is 0. The first-order valence-corrected chi connectivity index (χ1v) is 8.80. The highest BCUT2D eigenvalue weighted by Crippen LogP contribution is 2.39. The van der Waals surface area contributed by atoms with Crippen LogP contribution in [0.1, 0.15) is 36.6 Å². The Labute approximate surface area is 153 Å². The van der Waals surface area contributed by atoms with E-state index < -0.39 is 17.7 Å². The van der Waals surface area contributed by atoms with E-state index in [1.54, 1.807) is 29.2 Å². The molecular weight excluding hydrogens is 326 g/mol. The summed E-state index contributed by atoms with van der Waals surface area (Å²) in [4.78, 5) is 27.0. The maximum atomic E-state index is 12.8. The van der Waals surface area contributed by atoms with E-state index in [0.29, 0.717) is 12.1 Å². The Morgan fingerprint density at radius 3 is 2.23 bits per heavy atom. The lowest BCUT2D eigenvalue weighted by Crippen LogP contribution is -2.33. The molecule has 134 valence electrons. The molecule has 4 heteroatoms. The van der Waals surface area contributed by atoms with Gasteiger partial charge >= 0.3 is 0 Å². The highest BCUT2D eigenvalue weighted by molar-refractivity contribution is 6.46. The molecule has 0 aliphatic carbocycles. The molecule has 1 unspecified atom stereocenters. The van der Waals surface area contributed by atoms with E-state index in [4.69, 9.17) is 0 Å². The van der Waals surface area contributed by atoms with Gasteiger partial charge in [-0.2, -0.15) is 0 Å². The normalized spacial score (nSPS) is 19.4. The predicted octanol–water partition coefficient (Wildman–Crippen LogP) is 4.07. The Hall–Kier alpha value is -2.88. The average molecular weight is 349 g/mol. The zero-order valence-corrected chi connectivity index (χ0v) is 15.3. The number of nitrogens with zero attached hydrogens (tertiary/aromatic N) is 1. The number of rotatable bonds is 4. The van der Waals surface area contributed by atoms with Crippen LogP contribution in [0.3, 0.4) is 0 Å². The number of likely N-dealkylation sites (tertiary alicyclic amines) is 1. The number of benzene rings is 2. The van der Waals surface area contributed by atoms with Crippen LogP contribution < -0.4 is 0 Å². The fourth-order valence-corrected chi connectivity index (χ4v) is 3.31. The minimum atomic E-state index is -0.627. The molecule has 3 rings (SSSR count). The van der Waals surface area contributed by atoms with Crippen LogP contribution in [0.25, 0.3) is 5.76 Å². The number of aryl methyl sites for hydroxylation is 1. The molecule has 0 bridgehead atoms. The summed E-state index contributed by atoms with van der Waals surface area (Å²) in [7, 11) is 0. The van der Waals surface area contributed by atoms with Crippen molar-refractivity contribution < 1.29 is 14.7 Å². The summed E-state index contributed by atoms with van der Waals surface area (Å²) in [5.74, 6) is -1.10. The maximum absolute atomic E-state index is 12.8. The third kappa shape index (κ3) is 3.27. The molecule has 1 aliphatic heterocycles. The van der Waals surface area contributed by atoms with E-state index in [-0.39, 0.29) is 17.3 Å². The van der Waals surface area contributed by atoms with Gasteiger partial charge in [0.25, 0.3) is 11.7 Å². The molecule has 0 saturated carbocycles. The Balaban J connectivity index is 2.18. The smallest absolute Gasteiger partial charge is 0.295 e. The quantitative estimate of drug-likeness (QED) is 0.514. The maximum Gasteiger partial charge on any atom is 0.295 e. The van der Waals surface area contributed by atoms with Crippen LogP contribution >= 0.6 is 0 Å². The molecule has 1 fully saturated rings. The first kappa shape index (κ1) is 17.9. The molecule has 1 heterocycles. The number of amides is 1. The van der Waals surface area contributed by atoms with Crippen molar-refractivity contribution in [3.63, 3.8) is 0 Å². The molecule has 1 N–H and O–H groups in total. The number of aliphatic hydroxyl groups is 1. The highest BCUT2D eigenvalue weighted by atomic mass is 16.3. The van der Waals surface area contributed by atoms with Crippen LogP contribution in [0.15, 0.2) is 60.2 Å². The van der Waals surface area contributed by atoms with Crippen LogP contribution in [-0.2, 0) is 9.59 Å². The summed E-state index contributed by atoms with van der Waals surface area (Å²) >= 11 is 0. The Morgan fingerprint density at radius 2 is 1.65 bits per heavy atom. The highest BCUT2D eigenvalue weighted by Gasteiger charge is 2.46. The lowest BCUT2D eigenvalue weighted by Gasteiger charge is -2.27. The van der Waals surface area contributed by atoms with Crippen molar-refractivity contribution in [2.24, 2.45) is 5.92 Å². The SMILES string of the molecule is Cc1ccc(C2/C(=C(/O)c3ccccc3)C(=O)C(=O)N2CC(C)C)cc1. The lowest BCUT2D eigenvalue weighted by atomic mass is 9.94. The number of aliphatic hydroxyl groups excluding tert-OH is 1. The second-order valence-electron chi connectivity index (χ2n) is 7.12. The molecule has 2 aromatic carbocycles. The van der Waals surface area contributed by atoms with Crippen molar-refractivity contribution in [1.82, 2.24) is 4.90 Å². The molecular formula is C22H23NO3. The molecule has 0 spiro atoms. The van der Waals surface area contributed by atoms with Gasteiger partial charge in [-0.15, -0.1) is 0 Å². The topological polar surface area (TPSA) is 57.6 Å². The van der Waals surface area contributed by atoms with Crippen molar-refractivity contribution >= 4 is 17.4 Å². The standard InChI is InChI=1S/C22H23NO3/c1-14(2)13-23-19(16-11-9-15(3)10-12-16)18(21(25)22(23)26)20(24)17-7-5-4-6-8-17/h4-12,14,19,24H,13H2,1-3H3/b20-18-. The average Bonchev–Trinajstić information content (AvgIpc) is 2.87. The van der Waals surface area contributed by atoms with Crippen LogP contribution in [0.5, 0.6) is 0 Å². The zero-order valence-electron chi connectivity index (χ0n) is 15.3. The molecule has 1 aliphatic rings. The van der Waals surface area contributed by atoms with E-state index in [0.717, 1.165) is 11.1 Å². The van der Waals surface area contributed by atoms with Crippen molar-refractivity contribution in [2.75, 3.05) is 6.54 Å². The van der Waals surface area contributed by atoms with Gasteiger partial charge in [-0.3, -0.25) is 9.59 Å². The number of carbonyl (C=O) groups excluding carboxylic acids is 2. The van der Waals surface area contributed by atoms with Crippen molar-refractivity contribution in [3.05, 3.63) is 76.9 Å². The predicted molar refractivity (Wildman–Crippen MR) is 101 cm³/mol. The van der Waals surface area contributed by atoms with Gasteiger partial charge in [0.2, 0.25) is 0 Å². The minimum Gasteiger partial charge on any atom is -0.507 e. The summed E-state index contributed by atoms with van der Waals surface area (Å²) in [6, 6.07) is 16.1. The van der Waals surface area contributed by atoms with Crippen LogP contribution in [-0.4, -0.2) is 28.2 Å². The molecule has 0 radical (unpaired) electrons. The number of hydrogen-bond donors (Lipinski definition) is 1. The van der Waals surface area contributed by atoms with E-state index >= 15 is 0 Å². The van der Waals surface area contributed by atoms with Gasteiger partial charge < -0.3 is 10.0 Å². The second kappa shape index (κ2) is 7.16. The van der Waals surface area contributed by atoms with Crippen LogP contribution in [0.4, 0.5) is 0 Å². The van der Waals surface area contributed by atoms with Gasteiger partial charge in [-0.25, -0.2) is 0 Å². The summed E-state index contributed by atoms with van der Waals surface area (Å²) in [5, 5.41) is 10.8. The van der Waals surface area contributed by atoms with Gasteiger partial charge in [0, 0.05) is 12.1 Å². The van der Waals surface area contributed by atoms with Gasteiger partial charge in [0.15, 0.2) is 0 Å². The summed E-state index contributed by atoms with van der Waals surface area (Å²) in [6.45, 7) is 6.44. The van der Waals surface area contributed by atoms with Crippen LogP contribution in [0, 0.1) is 12.8 Å². The van der Waals surface area contributed by atoms with E-state index in [2.05, 4.69) is 0 Å². The van der Waals surface area contributed by atoms with E-state index in [1.807, 2.05) is 51.1 Å². The first-order valence-electron chi connectivity index (χ1n) is 8.80. The number of ketones is 1. The summed E-state index contributed by atoms with van der Waals surface area (Å²) in [6.07, 6.45) is 0. The molecule has 4 nitrogen and oxygen atoms in total. The number of Topliss-reactive ketones (excluding diaryl/α,β-unsaturated/α-hetero) is 1. The molecule has 1 amide bonds. The number of carbonyl (C=O) groups is 2. The number of hydrogen-bond acceptors (Lipinski definition) is 3.